The molecule has 3 atom stereocenters. The Balaban J connectivity index is 1.89. The number of esters is 1. The molecular weight excluding hydrogens is 328 g/mol. The number of hydrogen-bond donors (Lipinski definition) is 1. The van der Waals surface area contributed by atoms with Crippen molar-refractivity contribution in [1.29, 1.82) is 0 Å². The first-order valence-corrected chi connectivity index (χ1v) is 8.46. The van der Waals surface area contributed by atoms with Gasteiger partial charge >= 0.3 is 5.97 Å². The number of fused-ring (bicyclic) bond motifs is 1. The van der Waals surface area contributed by atoms with Crippen LogP contribution >= 0.6 is 11.8 Å². The number of aliphatic hydroxyl groups is 1. The van der Waals surface area contributed by atoms with Crippen LogP contribution in [0.25, 0.3) is 0 Å². The van der Waals surface area contributed by atoms with Gasteiger partial charge in [-0.2, -0.15) is 0 Å². The maximum atomic E-state index is 12.4. The number of hydrogen-bond acceptors (Lipinski definition) is 6. The number of nitrogens with zero attached hydrogens (tertiary/aromatic N) is 2. The van der Waals surface area contributed by atoms with Gasteiger partial charge in [-0.1, -0.05) is 24.4 Å². The summed E-state index contributed by atoms with van der Waals surface area (Å²) in [5.41, 5.74) is 0.283. The average Bonchev–Trinajstić information content (AvgIpc) is 2.87. The lowest BCUT2D eigenvalue weighted by Gasteiger charge is -2.44. The van der Waals surface area contributed by atoms with Gasteiger partial charge in [0.25, 0.3) is 0 Å². The molecule has 0 radical (unpaired) electrons. The summed E-state index contributed by atoms with van der Waals surface area (Å²) in [5, 5.41) is 9.82. The van der Waals surface area contributed by atoms with E-state index in [1.54, 1.807) is 19.3 Å². The number of aliphatic hydroxyl groups excluding tert-OH is 1. The van der Waals surface area contributed by atoms with Crippen molar-refractivity contribution in [3.8, 4) is 0 Å². The highest BCUT2D eigenvalue weighted by Gasteiger charge is 2.57. The standard InChI is InChI=1S/C17H18N2O4S/c1-3-8-23-17(22)15-13(24-11-4-6-18-7-5-11)9-12-14(10(2)20)16(21)19(12)15/h3-7,10,12,14,20H,1,8-9H2,2H3/t10-,12-,14-/m1/s1. The number of rotatable bonds is 6. The third kappa shape index (κ3) is 2.85. The van der Waals surface area contributed by atoms with E-state index in [1.165, 1.54) is 22.7 Å². The number of aromatic nitrogens is 1. The van der Waals surface area contributed by atoms with Crippen molar-refractivity contribution in [2.24, 2.45) is 5.92 Å². The number of amides is 1. The number of carbonyl (C=O) groups is 2. The molecule has 0 spiro atoms. The Morgan fingerprint density at radius 2 is 2.29 bits per heavy atom. The minimum absolute atomic E-state index is 0.0854. The summed E-state index contributed by atoms with van der Waals surface area (Å²) in [6.07, 6.45) is 4.62. The molecule has 2 aliphatic heterocycles. The Morgan fingerprint density at radius 3 is 2.92 bits per heavy atom. The predicted octanol–water partition coefficient (Wildman–Crippen LogP) is 1.73. The first-order chi connectivity index (χ1) is 11.5. The number of β-lactam (4-membered cyclic amide) rings is 1. The maximum Gasteiger partial charge on any atom is 0.356 e. The van der Waals surface area contributed by atoms with Gasteiger partial charge in [0.15, 0.2) is 0 Å². The van der Waals surface area contributed by atoms with Crippen LogP contribution in [0.2, 0.25) is 0 Å². The summed E-state index contributed by atoms with van der Waals surface area (Å²) in [6.45, 7) is 5.21. The molecule has 1 aromatic rings. The van der Waals surface area contributed by atoms with Gasteiger partial charge in [-0.3, -0.25) is 9.78 Å². The minimum Gasteiger partial charge on any atom is -0.457 e. The van der Waals surface area contributed by atoms with Gasteiger partial charge in [0.2, 0.25) is 5.91 Å². The third-order valence-corrected chi connectivity index (χ3v) is 5.22. The second-order valence-electron chi connectivity index (χ2n) is 5.69. The number of pyridine rings is 1. The van der Waals surface area contributed by atoms with Crippen molar-refractivity contribution in [3.63, 3.8) is 0 Å². The van der Waals surface area contributed by atoms with Gasteiger partial charge in [-0.25, -0.2) is 4.79 Å². The zero-order valence-electron chi connectivity index (χ0n) is 13.2. The van der Waals surface area contributed by atoms with Crippen LogP contribution in [0, 0.1) is 5.92 Å². The zero-order valence-corrected chi connectivity index (χ0v) is 14.0. The molecule has 6 nitrogen and oxygen atoms in total. The van der Waals surface area contributed by atoms with Crippen LogP contribution in [0.5, 0.6) is 0 Å². The average molecular weight is 346 g/mol. The van der Waals surface area contributed by atoms with E-state index in [4.69, 9.17) is 4.74 Å². The summed E-state index contributed by atoms with van der Waals surface area (Å²) in [6, 6.07) is 3.50. The number of ether oxygens (including phenoxy) is 1. The van der Waals surface area contributed by atoms with Crippen LogP contribution in [-0.4, -0.2) is 45.6 Å². The van der Waals surface area contributed by atoms with E-state index in [-0.39, 0.29) is 24.3 Å². The molecule has 7 heteroatoms. The van der Waals surface area contributed by atoms with Gasteiger partial charge < -0.3 is 14.7 Å². The highest BCUT2D eigenvalue weighted by molar-refractivity contribution is 8.03. The fourth-order valence-corrected chi connectivity index (χ4v) is 4.14. The molecule has 0 aliphatic carbocycles. The maximum absolute atomic E-state index is 12.4. The molecule has 1 N–H and O–H groups in total. The van der Waals surface area contributed by atoms with Crippen molar-refractivity contribution >= 4 is 23.6 Å². The zero-order chi connectivity index (χ0) is 17.3. The van der Waals surface area contributed by atoms with Crippen LogP contribution in [-0.2, 0) is 14.3 Å². The SMILES string of the molecule is C=CCOC(=O)C1=C(Sc2ccncc2)C[C@@H]2[C@@H]([C@@H](C)O)C(=O)N12. The van der Waals surface area contributed by atoms with Crippen molar-refractivity contribution in [2.45, 2.75) is 30.4 Å². The van der Waals surface area contributed by atoms with E-state index < -0.39 is 18.0 Å². The van der Waals surface area contributed by atoms with Gasteiger partial charge in [0.05, 0.1) is 18.1 Å². The van der Waals surface area contributed by atoms with Gasteiger partial charge in [0, 0.05) is 28.6 Å². The van der Waals surface area contributed by atoms with Crippen molar-refractivity contribution in [2.75, 3.05) is 6.61 Å². The molecule has 24 heavy (non-hydrogen) atoms. The Bertz CT molecular complexity index is 702. The molecule has 126 valence electrons. The lowest BCUT2D eigenvalue weighted by Crippen LogP contribution is -2.61. The summed E-state index contributed by atoms with van der Waals surface area (Å²) in [4.78, 5) is 31.9. The normalized spacial score (nSPS) is 23.6. The largest absolute Gasteiger partial charge is 0.457 e. The highest BCUT2D eigenvalue weighted by atomic mass is 32.2. The molecule has 1 aromatic heterocycles. The lowest BCUT2D eigenvalue weighted by atomic mass is 9.83. The molecule has 1 amide bonds. The molecule has 1 fully saturated rings. The summed E-state index contributed by atoms with van der Waals surface area (Å²) in [5.74, 6) is -1.24. The molecule has 0 bridgehead atoms. The Labute approximate surface area is 144 Å². The number of carbonyl (C=O) groups excluding carboxylic acids is 2. The van der Waals surface area contributed by atoms with Crippen LogP contribution in [0.1, 0.15) is 13.3 Å². The number of thioether (sulfide) groups is 1. The molecule has 0 saturated carbocycles. The van der Waals surface area contributed by atoms with E-state index >= 15 is 0 Å². The van der Waals surface area contributed by atoms with Gasteiger partial charge in [-0.05, 0) is 19.1 Å². The predicted molar refractivity (Wildman–Crippen MR) is 88.7 cm³/mol. The fourth-order valence-electron chi connectivity index (χ4n) is 3.06. The van der Waals surface area contributed by atoms with E-state index in [0.717, 1.165) is 9.80 Å². The van der Waals surface area contributed by atoms with E-state index in [9.17, 15) is 14.7 Å². The van der Waals surface area contributed by atoms with Crippen LogP contribution in [0.4, 0.5) is 0 Å². The van der Waals surface area contributed by atoms with Crippen LogP contribution < -0.4 is 0 Å². The quantitative estimate of drug-likeness (QED) is 0.480. The highest BCUT2D eigenvalue weighted by Crippen LogP contribution is 2.48. The molecule has 1 saturated heterocycles. The second kappa shape index (κ2) is 6.78. The molecule has 2 aliphatic rings. The molecule has 3 heterocycles. The summed E-state index contributed by atoms with van der Waals surface area (Å²) in [7, 11) is 0. The molecule has 0 aromatic carbocycles. The monoisotopic (exact) mass is 346 g/mol. The Hall–Kier alpha value is -2.12. The minimum atomic E-state index is -0.741. The van der Waals surface area contributed by atoms with E-state index in [0.29, 0.717) is 6.42 Å². The van der Waals surface area contributed by atoms with Crippen molar-refractivity contribution < 1.29 is 19.4 Å². The van der Waals surface area contributed by atoms with Crippen molar-refractivity contribution in [1.82, 2.24) is 9.88 Å². The van der Waals surface area contributed by atoms with Gasteiger partial charge in [0.1, 0.15) is 12.3 Å². The first kappa shape index (κ1) is 16.7. The summed E-state index contributed by atoms with van der Waals surface area (Å²) < 4.78 is 5.14. The fraction of sp³-hybridized carbons (Fsp3) is 0.353. The smallest absolute Gasteiger partial charge is 0.356 e. The lowest BCUT2D eigenvalue weighted by molar-refractivity contribution is -0.162. The Kier molecular flexibility index (Phi) is 4.73. The third-order valence-electron chi connectivity index (χ3n) is 4.10. The first-order valence-electron chi connectivity index (χ1n) is 7.64. The van der Waals surface area contributed by atoms with Crippen LogP contribution in [0.15, 0.2) is 52.7 Å². The van der Waals surface area contributed by atoms with Crippen molar-refractivity contribution in [3.05, 3.63) is 47.8 Å². The second-order valence-corrected chi connectivity index (χ2v) is 6.86. The van der Waals surface area contributed by atoms with E-state index in [1.807, 2.05) is 12.1 Å². The van der Waals surface area contributed by atoms with E-state index in [2.05, 4.69) is 11.6 Å². The van der Waals surface area contributed by atoms with Crippen LogP contribution in [0.3, 0.4) is 0 Å². The Morgan fingerprint density at radius 1 is 1.58 bits per heavy atom. The molecule has 3 rings (SSSR count). The molecule has 0 unspecified atom stereocenters. The topological polar surface area (TPSA) is 79.7 Å². The summed E-state index contributed by atoms with van der Waals surface area (Å²) >= 11 is 1.42. The molecular formula is C17H18N2O4S. The van der Waals surface area contributed by atoms with Gasteiger partial charge in [-0.15, -0.1) is 0 Å².